The molecule has 3 heterocycles. The third kappa shape index (κ3) is 3.99. The number of carboxylic acid groups (broad SMARTS) is 1. The van der Waals surface area contributed by atoms with Gasteiger partial charge in [0.25, 0.3) is 5.91 Å². The van der Waals surface area contributed by atoms with E-state index >= 15 is 0 Å². The molecule has 1 unspecified atom stereocenters. The van der Waals surface area contributed by atoms with E-state index in [1.165, 1.54) is 16.7 Å². The number of rotatable bonds is 6. The van der Waals surface area contributed by atoms with Crippen molar-refractivity contribution >= 4 is 35.6 Å². The molecule has 0 radical (unpaired) electrons. The summed E-state index contributed by atoms with van der Waals surface area (Å²) in [7, 11) is 0. The number of hydrogen-bond acceptors (Lipinski definition) is 5. The average molecular weight is 421 g/mol. The molecule has 1 fully saturated rings. The Bertz CT molecular complexity index is 1040. The number of fused-ring (bicyclic) bond motifs is 1. The SMILES string of the molecule is O=C(Cc1ccccc1)NC1C(=O)N2C(C(=O)O)=C(/C=C/c3ccncc3)CS[C@H]12. The third-order valence-corrected chi connectivity index (χ3v) is 6.21. The minimum absolute atomic E-state index is 0.0254. The molecular formula is C22H19N3O4S. The Hall–Kier alpha value is -3.39. The minimum atomic E-state index is -1.16. The smallest absolute Gasteiger partial charge is 0.352 e. The Morgan fingerprint density at radius 1 is 1.17 bits per heavy atom. The third-order valence-electron chi connectivity index (χ3n) is 4.91. The summed E-state index contributed by atoms with van der Waals surface area (Å²) in [6.45, 7) is 0. The van der Waals surface area contributed by atoms with E-state index in [0.717, 1.165) is 11.1 Å². The Labute approximate surface area is 177 Å². The zero-order valence-electron chi connectivity index (χ0n) is 15.9. The number of aromatic nitrogens is 1. The van der Waals surface area contributed by atoms with Crippen LogP contribution in [-0.4, -0.2) is 49.9 Å². The second-order valence-electron chi connectivity index (χ2n) is 6.91. The van der Waals surface area contributed by atoms with Crippen LogP contribution in [0.4, 0.5) is 0 Å². The highest BCUT2D eigenvalue weighted by Gasteiger charge is 2.53. The monoisotopic (exact) mass is 421 g/mol. The van der Waals surface area contributed by atoms with Gasteiger partial charge in [-0.1, -0.05) is 42.5 Å². The van der Waals surface area contributed by atoms with Gasteiger partial charge in [0, 0.05) is 18.1 Å². The van der Waals surface area contributed by atoms with Crippen LogP contribution in [0, 0.1) is 0 Å². The maximum Gasteiger partial charge on any atom is 0.352 e. The Morgan fingerprint density at radius 2 is 1.90 bits per heavy atom. The number of carboxylic acids is 1. The molecule has 2 aromatic rings. The van der Waals surface area contributed by atoms with Gasteiger partial charge < -0.3 is 10.4 Å². The topological polar surface area (TPSA) is 99.6 Å². The van der Waals surface area contributed by atoms with Gasteiger partial charge in [-0.3, -0.25) is 19.5 Å². The average Bonchev–Trinajstić information content (AvgIpc) is 2.76. The standard InChI is InChI=1S/C22H19N3O4S/c26-17(12-15-4-2-1-3-5-15)24-18-20(27)25-19(22(28)29)16(13-30-21(18)25)7-6-14-8-10-23-11-9-14/h1-11,18,21H,12-13H2,(H,24,26)(H,28,29)/b7-6+/t18?,21-/m1/s1. The van der Waals surface area contributed by atoms with Gasteiger partial charge in [0.2, 0.25) is 5.91 Å². The zero-order chi connectivity index (χ0) is 21.1. The second-order valence-corrected chi connectivity index (χ2v) is 8.02. The van der Waals surface area contributed by atoms with Crippen LogP contribution in [0.25, 0.3) is 6.08 Å². The summed E-state index contributed by atoms with van der Waals surface area (Å²) in [5.41, 5.74) is 2.27. The molecule has 2 atom stereocenters. The van der Waals surface area contributed by atoms with Crippen molar-refractivity contribution in [3.8, 4) is 0 Å². The lowest BCUT2D eigenvalue weighted by Crippen LogP contribution is -2.70. The van der Waals surface area contributed by atoms with Gasteiger partial charge in [-0.05, 0) is 28.8 Å². The van der Waals surface area contributed by atoms with Gasteiger partial charge in [-0.15, -0.1) is 11.8 Å². The van der Waals surface area contributed by atoms with Crippen molar-refractivity contribution in [3.05, 3.63) is 83.3 Å². The van der Waals surface area contributed by atoms with E-state index in [1.807, 2.05) is 42.5 Å². The number of pyridine rings is 1. The maximum absolute atomic E-state index is 12.7. The number of nitrogens with zero attached hydrogens (tertiary/aromatic N) is 2. The molecule has 0 spiro atoms. The number of amides is 2. The molecule has 7 nitrogen and oxygen atoms in total. The number of carbonyl (C=O) groups excluding carboxylic acids is 2. The van der Waals surface area contributed by atoms with Gasteiger partial charge in [0.05, 0.1) is 6.42 Å². The predicted octanol–water partition coefficient (Wildman–Crippen LogP) is 2.08. The summed E-state index contributed by atoms with van der Waals surface area (Å²) < 4.78 is 0. The fourth-order valence-corrected chi connectivity index (χ4v) is 4.77. The van der Waals surface area contributed by atoms with Gasteiger partial charge in [-0.25, -0.2) is 4.79 Å². The number of allylic oxidation sites excluding steroid dienone is 1. The van der Waals surface area contributed by atoms with Gasteiger partial charge in [0.15, 0.2) is 0 Å². The first-order valence-electron chi connectivity index (χ1n) is 9.37. The van der Waals surface area contributed by atoms with Crippen LogP contribution >= 0.6 is 11.8 Å². The summed E-state index contributed by atoms with van der Waals surface area (Å²) in [4.78, 5) is 42.1. The second kappa shape index (κ2) is 8.54. The summed E-state index contributed by atoms with van der Waals surface area (Å²) in [6, 6.07) is 12.2. The number of nitrogens with one attached hydrogen (secondary N) is 1. The number of thioether (sulfide) groups is 1. The van der Waals surface area contributed by atoms with Crippen LogP contribution in [0.5, 0.6) is 0 Å². The first-order chi connectivity index (χ1) is 14.5. The van der Waals surface area contributed by atoms with Crippen molar-refractivity contribution < 1.29 is 19.5 Å². The van der Waals surface area contributed by atoms with Crippen LogP contribution in [0.1, 0.15) is 11.1 Å². The molecule has 1 aromatic heterocycles. The lowest BCUT2D eigenvalue weighted by atomic mass is 10.0. The normalized spacial score (nSPS) is 20.7. The molecule has 1 aromatic carbocycles. The highest BCUT2D eigenvalue weighted by Crippen LogP contribution is 2.40. The number of carbonyl (C=O) groups is 3. The van der Waals surface area contributed by atoms with Gasteiger partial charge in [0.1, 0.15) is 17.1 Å². The molecule has 0 bridgehead atoms. The molecule has 0 aliphatic carbocycles. The van der Waals surface area contributed by atoms with Crippen LogP contribution in [0.3, 0.4) is 0 Å². The molecule has 2 N–H and O–H groups in total. The summed E-state index contributed by atoms with van der Waals surface area (Å²) in [6.07, 6.45) is 6.99. The highest BCUT2D eigenvalue weighted by atomic mass is 32.2. The van der Waals surface area contributed by atoms with Crippen LogP contribution < -0.4 is 5.32 Å². The van der Waals surface area contributed by atoms with Gasteiger partial charge in [-0.2, -0.15) is 0 Å². The lowest BCUT2D eigenvalue weighted by Gasteiger charge is -2.49. The van der Waals surface area contributed by atoms with Crippen molar-refractivity contribution in [1.82, 2.24) is 15.2 Å². The lowest BCUT2D eigenvalue weighted by molar-refractivity contribution is -0.150. The van der Waals surface area contributed by atoms with Crippen molar-refractivity contribution in [2.75, 3.05) is 5.75 Å². The van der Waals surface area contributed by atoms with Gasteiger partial charge >= 0.3 is 5.97 Å². The number of benzene rings is 1. The molecule has 2 amide bonds. The fourth-order valence-electron chi connectivity index (χ4n) is 3.45. The number of β-lactam (4-membered cyclic amide) rings is 1. The van der Waals surface area contributed by atoms with E-state index < -0.39 is 23.3 Å². The quantitative estimate of drug-likeness (QED) is 0.693. The highest BCUT2D eigenvalue weighted by molar-refractivity contribution is 8.00. The number of hydrogen-bond donors (Lipinski definition) is 2. The van der Waals surface area contributed by atoms with Crippen molar-refractivity contribution in [3.63, 3.8) is 0 Å². The Morgan fingerprint density at radius 3 is 2.60 bits per heavy atom. The molecule has 2 aliphatic heterocycles. The van der Waals surface area contributed by atoms with Crippen LogP contribution in [-0.2, 0) is 20.8 Å². The molecule has 8 heteroatoms. The predicted molar refractivity (Wildman–Crippen MR) is 113 cm³/mol. The van der Waals surface area contributed by atoms with E-state index in [1.54, 1.807) is 24.5 Å². The van der Waals surface area contributed by atoms with Crippen LogP contribution in [0.2, 0.25) is 0 Å². The molecule has 0 saturated carbocycles. The molecule has 152 valence electrons. The molecule has 4 rings (SSSR count). The van der Waals surface area contributed by atoms with E-state index in [9.17, 15) is 19.5 Å². The summed E-state index contributed by atoms with van der Waals surface area (Å²) >= 11 is 1.44. The zero-order valence-corrected chi connectivity index (χ0v) is 16.7. The van der Waals surface area contributed by atoms with Crippen molar-refractivity contribution in [2.45, 2.75) is 17.8 Å². The molecule has 1 saturated heterocycles. The minimum Gasteiger partial charge on any atom is -0.477 e. The molecule has 30 heavy (non-hydrogen) atoms. The summed E-state index contributed by atoms with van der Waals surface area (Å²) in [5, 5.41) is 12.1. The first kappa shape index (κ1) is 19.9. The van der Waals surface area contributed by atoms with Crippen LogP contribution in [0.15, 0.2) is 72.2 Å². The van der Waals surface area contributed by atoms with Crippen molar-refractivity contribution in [1.29, 1.82) is 0 Å². The van der Waals surface area contributed by atoms with E-state index in [-0.39, 0.29) is 18.0 Å². The largest absolute Gasteiger partial charge is 0.477 e. The number of aliphatic carboxylic acids is 1. The Kier molecular flexibility index (Phi) is 5.67. The Balaban J connectivity index is 1.48. The van der Waals surface area contributed by atoms with E-state index in [0.29, 0.717) is 11.3 Å². The molecule has 2 aliphatic rings. The summed E-state index contributed by atoms with van der Waals surface area (Å²) in [5.74, 6) is -1.38. The van der Waals surface area contributed by atoms with E-state index in [2.05, 4.69) is 10.3 Å². The van der Waals surface area contributed by atoms with E-state index in [4.69, 9.17) is 0 Å². The first-order valence-corrected chi connectivity index (χ1v) is 10.4. The maximum atomic E-state index is 12.7. The fraction of sp³-hybridized carbons (Fsp3) is 0.182. The van der Waals surface area contributed by atoms with Crippen molar-refractivity contribution in [2.24, 2.45) is 0 Å². The molecular weight excluding hydrogens is 402 g/mol.